The zero-order valence-electron chi connectivity index (χ0n) is 26.6. The van der Waals surface area contributed by atoms with Crippen molar-refractivity contribution in [1.82, 2.24) is 15.0 Å². The number of nitrogens with one attached hydrogen (secondary N) is 2. The molecule has 0 spiro atoms. The summed E-state index contributed by atoms with van der Waals surface area (Å²) < 4.78 is 0. The summed E-state index contributed by atoms with van der Waals surface area (Å²) in [4.78, 5) is 43.9. The molecule has 236 valence electrons. The number of ketones is 1. The maximum Gasteiger partial charge on any atom is 0.211 e. The molecule has 2 saturated carbocycles. The average Bonchev–Trinajstić information content (AvgIpc) is 3.73. The van der Waals surface area contributed by atoms with Crippen LogP contribution in [0, 0.1) is 25.7 Å². The number of fused-ring (bicyclic) bond motifs is 2. The Labute approximate surface area is 261 Å². The standard InChI is InChI=1S/C17H19N3O.C8H11N3O.C7H12.C2H5NO/c1-4-17(21)14-6-5-13(7-11(14)2)16-10-19-15(9-20-16)12(3)8-18;1-6-8(11-5-12)3-7(9-2)4-10-6;1-2-7-4-3-6(1)5-7;3-1-2-4/h5-10H,4,18H2,1-3H3;3-5,9H,1-2H3,(H,11,12);6-7H,1-5H2;2H,1,3H2/b12-8-;;;. The Balaban J connectivity index is 0.000000243. The van der Waals surface area contributed by atoms with Crippen molar-refractivity contribution in [2.75, 3.05) is 24.2 Å². The van der Waals surface area contributed by atoms with Crippen LogP contribution in [-0.4, -0.2) is 47.0 Å². The second-order valence-corrected chi connectivity index (χ2v) is 10.8. The summed E-state index contributed by atoms with van der Waals surface area (Å²) in [6, 6.07) is 7.57. The first kappa shape index (κ1) is 35.8. The fraction of sp³-hybridized carbons (Fsp3) is 0.412. The molecule has 0 aliphatic heterocycles. The van der Waals surface area contributed by atoms with E-state index in [4.69, 9.17) is 10.5 Å². The monoisotopic (exact) mass is 601 g/mol. The van der Waals surface area contributed by atoms with Crippen molar-refractivity contribution in [3.63, 3.8) is 0 Å². The summed E-state index contributed by atoms with van der Waals surface area (Å²) in [5, 5.41) is 5.50. The maximum atomic E-state index is 11.8. The van der Waals surface area contributed by atoms with E-state index in [0.29, 0.717) is 19.1 Å². The van der Waals surface area contributed by atoms with Crippen LogP contribution in [0.15, 0.2) is 49.1 Å². The molecule has 2 bridgehead atoms. The third-order valence-corrected chi connectivity index (χ3v) is 7.77. The number of rotatable bonds is 8. The van der Waals surface area contributed by atoms with E-state index in [9.17, 15) is 9.59 Å². The number of hydrogen-bond acceptors (Lipinski definition) is 9. The van der Waals surface area contributed by atoms with Crippen LogP contribution in [0.5, 0.6) is 0 Å². The molecule has 3 aromatic rings. The number of aryl methyl sites for hydroxylation is 2. The average molecular weight is 602 g/mol. The van der Waals surface area contributed by atoms with Gasteiger partial charge in [-0.25, -0.2) is 0 Å². The number of amides is 1. The molecular formula is C34H47N7O3. The zero-order valence-corrected chi connectivity index (χ0v) is 26.6. The van der Waals surface area contributed by atoms with Gasteiger partial charge in [-0.15, -0.1) is 0 Å². The van der Waals surface area contributed by atoms with Crippen LogP contribution >= 0.6 is 0 Å². The lowest BCUT2D eigenvalue weighted by atomic mass is 9.99. The molecule has 2 fully saturated rings. The lowest BCUT2D eigenvalue weighted by Crippen LogP contribution is -2.00. The zero-order chi connectivity index (χ0) is 32.5. The summed E-state index contributed by atoms with van der Waals surface area (Å²) >= 11 is 0. The van der Waals surface area contributed by atoms with Gasteiger partial charge in [0.2, 0.25) is 6.41 Å². The number of aldehydes is 1. The minimum absolute atomic E-state index is 0.139. The molecule has 6 N–H and O–H groups in total. The number of nitrogens with two attached hydrogens (primary N) is 2. The molecular weight excluding hydrogens is 554 g/mol. The molecule has 2 aromatic heterocycles. The highest BCUT2D eigenvalue weighted by Gasteiger charge is 2.30. The third kappa shape index (κ3) is 11.0. The first-order valence-corrected chi connectivity index (χ1v) is 15.0. The molecule has 0 unspecified atom stereocenters. The molecule has 0 radical (unpaired) electrons. The first-order valence-electron chi connectivity index (χ1n) is 15.0. The number of carbonyl (C=O) groups is 3. The Kier molecular flexibility index (Phi) is 15.4. The number of allylic oxidation sites excluding steroid dienone is 1. The van der Waals surface area contributed by atoms with Crippen molar-refractivity contribution < 1.29 is 14.4 Å². The number of nitrogens with zero attached hydrogens (tertiary/aromatic N) is 3. The van der Waals surface area contributed by atoms with Crippen LogP contribution in [0.25, 0.3) is 16.8 Å². The summed E-state index contributed by atoms with van der Waals surface area (Å²) in [6.07, 6.45) is 16.3. The van der Waals surface area contributed by atoms with E-state index in [0.717, 1.165) is 50.7 Å². The van der Waals surface area contributed by atoms with Gasteiger partial charge >= 0.3 is 0 Å². The number of anilines is 2. The van der Waals surface area contributed by atoms with Crippen molar-refractivity contribution in [1.29, 1.82) is 0 Å². The van der Waals surface area contributed by atoms with Crippen LogP contribution < -0.4 is 22.1 Å². The van der Waals surface area contributed by atoms with E-state index in [1.54, 1.807) is 57.7 Å². The van der Waals surface area contributed by atoms with Crippen LogP contribution in [0.2, 0.25) is 0 Å². The molecule has 2 heterocycles. The third-order valence-electron chi connectivity index (χ3n) is 7.77. The fourth-order valence-corrected chi connectivity index (χ4v) is 5.15. The SMILES string of the molecule is C1CC2CCC1C2.CCC(=O)c1ccc(-c2cnc(/C(C)=C\N)cn2)cc1C.CNc1cnc(C)c(NC=O)c1.NCC=O. The Hall–Kier alpha value is -4.44. The smallest absolute Gasteiger partial charge is 0.211 e. The largest absolute Gasteiger partial charge is 0.404 e. The van der Waals surface area contributed by atoms with E-state index in [-0.39, 0.29) is 12.3 Å². The van der Waals surface area contributed by atoms with Gasteiger partial charge in [0.15, 0.2) is 5.78 Å². The number of Topliss-reactive ketones (excluding diaryl/α,β-unsaturated/α-hetero) is 1. The van der Waals surface area contributed by atoms with Gasteiger partial charge in [-0.2, -0.15) is 0 Å². The Bertz CT molecular complexity index is 1370. The van der Waals surface area contributed by atoms with Gasteiger partial charge in [0, 0.05) is 31.1 Å². The summed E-state index contributed by atoms with van der Waals surface area (Å²) in [7, 11) is 1.80. The van der Waals surface area contributed by atoms with E-state index in [2.05, 4.69) is 31.3 Å². The molecule has 1 amide bonds. The second kappa shape index (κ2) is 19.0. The molecule has 2 aliphatic rings. The van der Waals surface area contributed by atoms with Gasteiger partial charge in [-0.05, 0) is 68.5 Å². The first-order chi connectivity index (χ1) is 21.2. The molecule has 1 aromatic carbocycles. The van der Waals surface area contributed by atoms with Gasteiger partial charge in [-0.1, -0.05) is 44.7 Å². The lowest BCUT2D eigenvalue weighted by molar-refractivity contribution is -0.107. The molecule has 0 atom stereocenters. The van der Waals surface area contributed by atoms with Crippen LogP contribution in [0.4, 0.5) is 11.4 Å². The fourth-order valence-electron chi connectivity index (χ4n) is 5.15. The maximum absolute atomic E-state index is 11.8. The molecule has 44 heavy (non-hydrogen) atoms. The Morgan fingerprint density at radius 3 is 2.09 bits per heavy atom. The number of benzene rings is 1. The van der Waals surface area contributed by atoms with Crippen molar-refractivity contribution in [3.8, 4) is 11.3 Å². The van der Waals surface area contributed by atoms with Gasteiger partial charge in [0.05, 0.1) is 47.0 Å². The minimum atomic E-state index is 0.139. The van der Waals surface area contributed by atoms with E-state index in [1.807, 2.05) is 52.0 Å². The predicted octanol–water partition coefficient (Wildman–Crippen LogP) is 5.70. The predicted molar refractivity (Wildman–Crippen MR) is 178 cm³/mol. The minimum Gasteiger partial charge on any atom is -0.404 e. The summed E-state index contributed by atoms with van der Waals surface area (Å²) in [6.45, 7) is 7.67. The van der Waals surface area contributed by atoms with E-state index in [1.165, 1.54) is 18.0 Å². The van der Waals surface area contributed by atoms with Crippen molar-refractivity contribution in [2.24, 2.45) is 23.3 Å². The number of pyridine rings is 1. The van der Waals surface area contributed by atoms with Crippen molar-refractivity contribution >= 4 is 35.4 Å². The molecule has 2 aliphatic carbocycles. The van der Waals surface area contributed by atoms with Crippen molar-refractivity contribution in [3.05, 3.63) is 71.6 Å². The number of carbonyl (C=O) groups excluding carboxylic acids is 3. The topological polar surface area (TPSA) is 166 Å². The Morgan fingerprint density at radius 2 is 1.66 bits per heavy atom. The lowest BCUT2D eigenvalue weighted by Gasteiger charge is -2.07. The highest BCUT2D eigenvalue weighted by molar-refractivity contribution is 5.97. The Morgan fingerprint density at radius 1 is 1.00 bits per heavy atom. The van der Waals surface area contributed by atoms with E-state index >= 15 is 0 Å². The van der Waals surface area contributed by atoms with Crippen LogP contribution in [0.3, 0.4) is 0 Å². The summed E-state index contributed by atoms with van der Waals surface area (Å²) in [5.74, 6) is 2.50. The quantitative estimate of drug-likeness (QED) is 0.187. The molecule has 10 nitrogen and oxygen atoms in total. The van der Waals surface area contributed by atoms with E-state index < -0.39 is 0 Å². The second-order valence-electron chi connectivity index (χ2n) is 10.8. The van der Waals surface area contributed by atoms with Gasteiger partial charge in [0.25, 0.3) is 0 Å². The molecule has 0 saturated heterocycles. The van der Waals surface area contributed by atoms with Crippen molar-refractivity contribution in [2.45, 2.75) is 66.2 Å². The number of aromatic nitrogens is 3. The van der Waals surface area contributed by atoms with Crippen LogP contribution in [-0.2, 0) is 9.59 Å². The highest BCUT2D eigenvalue weighted by atomic mass is 16.1. The van der Waals surface area contributed by atoms with Gasteiger partial charge < -0.3 is 26.9 Å². The number of hydrogen-bond donors (Lipinski definition) is 4. The van der Waals surface area contributed by atoms with Gasteiger partial charge in [0.1, 0.15) is 6.29 Å². The van der Waals surface area contributed by atoms with Gasteiger partial charge in [-0.3, -0.25) is 24.5 Å². The van der Waals surface area contributed by atoms with Crippen LogP contribution in [0.1, 0.15) is 79.7 Å². The molecule has 5 rings (SSSR count). The normalized spacial score (nSPS) is 16.2. The summed E-state index contributed by atoms with van der Waals surface area (Å²) in [5.41, 5.74) is 17.7. The highest BCUT2D eigenvalue weighted by Crippen LogP contribution is 2.43. The molecule has 10 heteroatoms.